The van der Waals surface area contributed by atoms with Gasteiger partial charge in [-0.1, -0.05) is 19.4 Å². The predicted octanol–water partition coefficient (Wildman–Crippen LogP) is 3.55. The highest BCUT2D eigenvalue weighted by Gasteiger charge is 2.25. The Balaban J connectivity index is 1.23. The van der Waals surface area contributed by atoms with Crippen molar-refractivity contribution >= 4 is 39.0 Å². The Morgan fingerprint density at radius 2 is 2.06 bits per heavy atom. The Hall–Kier alpha value is -3.08. The number of fused-ring (bicyclic) bond motifs is 2. The number of pyridine rings is 1. The maximum atomic E-state index is 11.6. The minimum atomic E-state index is -1.01. The number of carboxylic acids is 1. The van der Waals surface area contributed by atoms with E-state index in [1.807, 2.05) is 18.2 Å². The molecule has 4 heterocycles. The van der Waals surface area contributed by atoms with Gasteiger partial charge in [-0.2, -0.15) is 0 Å². The van der Waals surface area contributed by atoms with E-state index in [-0.39, 0.29) is 11.7 Å². The van der Waals surface area contributed by atoms with Crippen molar-refractivity contribution in [1.29, 1.82) is 0 Å². The Labute approximate surface area is 207 Å². The molecule has 0 spiro atoms. The van der Waals surface area contributed by atoms with Gasteiger partial charge in [-0.15, -0.1) is 11.3 Å². The van der Waals surface area contributed by atoms with Gasteiger partial charge in [0.2, 0.25) is 6.79 Å². The van der Waals surface area contributed by atoms with Gasteiger partial charge in [0.05, 0.1) is 11.8 Å². The molecule has 1 aromatic carbocycles. The molecule has 2 aromatic heterocycles. The van der Waals surface area contributed by atoms with Crippen molar-refractivity contribution in [1.82, 2.24) is 10.3 Å². The number of hydrogen-bond acceptors (Lipinski definition) is 9. The molecule has 0 amide bonds. The zero-order valence-corrected chi connectivity index (χ0v) is 20.4. The summed E-state index contributed by atoms with van der Waals surface area (Å²) < 4.78 is 10.7. The second-order valence-corrected chi connectivity index (χ2v) is 10.0. The van der Waals surface area contributed by atoms with Crippen LogP contribution < -0.4 is 25.4 Å². The summed E-state index contributed by atoms with van der Waals surface area (Å²) in [5, 5.41) is 24.4. The average molecular weight is 499 g/mol. The van der Waals surface area contributed by atoms with Crippen molar-refractivity contribution in [2.45, 2.75) is 44.8 Å². The van der Waals surface area contributed by atoms with Gasteiger partial charge >= 0.3 is 5.97 Å². The van der Waals surface area contributed by atoms with Gasteiger partial charge in [0.15, 0.2) is 11.5 Å². The lowest BCUT2D eigenvalue weighted by Crippen LogP contribution is -2.44. The van der Waals surface area contributed by atoms with Crippen molar-refractivity contribution in [2.75, 3.05) is 37.1 Å². The third-order valence-electron chi connectivity index (χ3n) is 6.68. The van der Waals surface area contributed by atoms with Crippen LogP contribution in [0.1, 0.15) is 53.1 Å². The number of nitrogens with two attached hydrogens (primary N) is 1. The number of nitrogen functional groups attached to an aromatic ring is 1. The molecule has 0 aliphatic carbocycles. The molecule has 186 valence electrons. The van der Waals surface area contributed by atoms with Crippen molar-refractivity contribution in [3.05, 3.63) is 40.3 Å². The van der Waals surface area contributed by atoms with E-state index >= 15 is 0 Å². The standard InChI is InChI=1S/C25H30N4O5S/c1-2-3-15-11-20(28-24-21(15)22(26)23(35-24)25(31)32)29-8-6-16(7-9-29)27-12-17(30)14-4-5-18-19(10-14)34-13-33-18/h4-5,10-11,16-17,27,30H,2-3,6-9,12-13,26H2,1H3,(H,31,32). The molecule has 5 N–H and O–H groups in total. The SMILES string of the molecule is CCCc1cc(N2CCC(NCC(O)c3ccc4c(c3)OCO4)CC2)nc2sc(C(=O)O)c(N)c12. The molecule has 5 rings (SSSR count). The van der Waals surface area contributed by atoms with Crippen LogP contribution in [0.5, 0.6) is 11.5 Å². The van der Waals surface area contributed by atoms with E-state index in [2.05, 4.69) is 23.2 Å². The number of benzene rings is 1. The quantitative estimate of drug-likeness (QED) is 0.368. The fourth-order valence-electron chi connectivity index (χ4n) is 4.80. The number of carbonyl (C=O) groups is 1. The van der Waals surface area contributed by atoms with Crippen LogP contribution in [-0.4, -0.2) is 53.6 Å². The Morgan fingerprint density at radius 3 is 2.80 bits per heavy atom. The number of piperidine rings is 1. The van der Waals surface area contributed by atoms with Crippen molar-refractivity contribution in [2.24, 2.45) is 0 Å². The van der Waals surface area contributed by atoms with Crippen molar-refractivity contribution in [3.8, 4) is 11.5 Å². The number of nitrogens with zero attached hydrogens (tertiary/aromatic N) is 2. The third kappa shape index (κ3) is 4.73. The van der Waals surface area contributed by atoms with Crippen LogP contribution in [0.25, 0.3) is 10.2 Å². The van der Waals surface area contributed by atoms with Gasteiger partial charge in [-0.25, -0.2) is 9.78 Å². The second-order valence-electron chi connectivity index (χ2n) is 9.02. The molecule has 1 saturated heterocycles. The van der Waals surface area contributed by atoms with Crippen molar-refractivity contribution < 1.29 is 24.5 Å². The summed E-state index contributed by atoms with van der Waals surface area (Å²) in [6.07, 6.45) is 2.97. The maximum Gasteiger partial charge on any atom is 0.348 e. The first-order chi connectivity index (χ1) is 16.9. The number of aliphatic hydroxyl groups is 1. The topological polar surface area (TPSA) is 130 Å². The lowest BCUT2D eigenvalue weighted by Gasteiger charge is -2.34. The number of aromatic carboxylic acids is 1. The molecular weight excluding hydrogens is 468 g/mol. The summed E-state index contributed by atoms with van der Waals surface area (Å²) in [4.78, 5) is 19.5. The van der Waals surface area contributed by atoms with Crippen LogP contribution in [0.3, 0.4) is 0 Å². The zero-order chi connectivity index (χ0) is 24.5. The van der Waals surface area contributed by atoms with Gasteiger partial charge in [0, 0.05) is 31.1 Å². The van der Waals surface area contributed by atoms with Crippen LogP contribution in [0, 0.1) is 0 Å². The predicted molar refractivity (Wildman–Crippen MR) is 136 cm³/mol. The number of nitrogens with one attached hydrogen (secondary N) is 1. The van der Waals surface area contributed by atoms with Crippen LogP contribution in [0.4, 0.5) is 11.5 Å². The second kappa shape index (κ2) is 9.88. The van der Waals surface area contributed by atoms with Crippen LogP contribution in [-0.2, 0) is 6.42 Å². The molecule has 0 saturated carbocycles. The molecule has 1 unspecified atom stereocenters. The normalized spacial score (nSPS) is 16.7. The number of ether oxygens (including phenoxy) is 2. The van der Waals surface area contributed by atoms with Crippen LogP contribution in [0.2, 0.25) is 0 Å². The molecule has 2 aliphatic rings. The number of aryl methyl sites for hydroxylation is 1. The van der Waals surface area contributed by atoms with Gasteiger partial charge in [-0.3, -0.25) is 0 Å². The van der Waals surface area contributed by atoms with E-state index < -0.39 is 12.1 Å². The molecule has 0 radical (unpaired) electrons. The fourth-order valence-corrected chi connectivity index (χ4v) is 5.78. The lowest BCUT2D eigenvalue weighted by atomic mass is 10.0. The highest BCUT2D eigenvalue weighted by Crippen LogP contribution is 2.38. The number of anilines is 2. The molecule has 1 fully saturated rings. The molecule has 3 aromatic rings. The van der Waals surface area contributed by atoms with Gasteiger partial charge in [0.1, 0.15) is 15.5 Å². The van der Waals surface area contributed by atoms with Crippen molar-refractivity contribution in [3.63, 3.8) is 0 Å². The Kier molecular flexibility index (Phi) is 6.68. The number of aromatic nitrogens is 1. The molecular formula is C25H30N4O5S. The third-order valence-corrected chi connectivity index (χ3v) is 7.77. The van der Waals surface area contributed by atoms with Gasteiger partial charge in [-0.05, 0) is 48.6 Å². The first-order valence-corrected chi connectivity index (χ1v) is 12.8. The average Bonchev–Trinajstić information content (AvgIpc) is 3.47. The summed E-state index contributed by atoms with van der Waals surface area (Å²) in [6, 6.07) is 7.89. The summed E-state index contributed by atoms with van der Waals surface area (Å²) in [5.74, 6) is 1.24. The molecule has 9 nitrogen and oxygen atoms in total. The maximum absolute atomic E-state index is 11.6. The number of rotatable bonds is 8. The monoisotopic (exact) mass is 498 g/mol. The first kappa shape index (κ1) is 23.7. The van der Waals surface area contributed by atoms with Gasteiger partial charge < -0.3 is 35.6 Å². The largest absolute Gasteiger partial charge is 0.477 e. The summed E-state index contributed by atoms with van der Waals surface area (Å²) in [5.41, 5.74) is 8.36. The summed E-state index contributed by atoms with van der Waals surface area (Å²) in [7, 11) is 0. The highest BCUT2D eigenvalue weighted by molar-refractivity contribution is 7.21. The van der Waals surface area contributed by atoms with Gasteiger partial charge in [0.25, 0.3) is 0 Å². The number of hydrogen-bond donors (Lipinski definition) is 4. The fraction of sp³-hybridized carbons (Fsp3) is 0.440. The summed E-state index contributed by atoms with van der Waals surface area (Å²) >= 11 is 1.15. The molecule has 0 bridgehead atoms. The van der Waals surface area contributed by atoms with E-state index in [1.54, 1.807) is 0 Å². The van der Waals surface area contributed by atoms with Crippen LogP contribution >= 0.6 is 11.3 Å². The van der Waals surface area contributed by atoms with E-state index in [1.165, 1.54) is 0 Å². The molecule has 10 heteroatoms. The molecule has 2 aliphatic heterocycles. The minimum Gasteiger partial charge on any atom is -0.477 e. The number of aliphatic hydroxyl groups excluding tert-OH is 1. The molecule has 1 atom stereocenters. The zero-order valence-electron chi connectivity index (χ0n) is 19.6. The Bertz CT molecular complexity index is 1240. The van der Waals surface area contributed by atoms with E-state index in [0.717, 1.165) is 72.4 Å². The van der Waals surface area contributed by atoms with E-state index in [4.69, 9.17) is 20.2 Å². The number of thiophene rings is 1. The minimum absolute atomic E-state index is 0.158. The highest BCUT2D eigenvalue weighted by atomic mass is 32.1. The van der Waals surface area contributed by atoms with Crippen LogP contribution in [0.15, 0.2) is 24.3 Å². The Morgan fingerprint density at radius 1 is 1.29 bits per heavy atom. The van der Waals surface area contributed by atoms with E-state index in [9.17, 15) is 15.0 Å². The first-order valence-electron chi connectivity index (χ1n) is 12.0. The molecule has 35 heavy (non-hydrogen) atoms. The smallest absolute Gasteiger partial charge is 0.348 e. The lowest BCUT2D eigenvalue weighted by molar-refractivity contribution is 0.0703. The number of carboxylic acid groups (broad SMARTS) is 1. The summed E-state index contributed by atoms with van der Waals surface area (Å²) in [6.45, 7) is 4.43. The van der Waals surface area contributed by atoms with E-state index in [0.29, 0.717) is 34.6 Å².